The maximum Gasteiger partial charge on any atom is 0.257 e. The summed E-state index contributed by atoms with van der Waals surface area (Å²) in [5, 5.41) is 3.56. The fraction of sp³-hybridized carbons (Fsp3) is 0. The molecule has 3 nitrogen and oxygen atoms in total. The molecule has 0 spiro atoms. The van der Waals surface area contributed by atoms with Crippen molar-refractivity contribution in [3.05, 3.63) is 70.6 Å². The van der Waals surface area contributed by atoms with Crippen LogP contribution < -0.4 is 5.32 Å². The average molecular weight is 345 g/mol. The van der Waals surface area contributed by atoms with Crippen molar-refractivity contribution in [2.45, 2.75) is 0 Å². The summed E-state index contributed by atoms with van der Waals surface area (Å²) in [6.45, 7) is 0. The molecule has 0 bridgehead atoms. The molecular formula is C16H10BrFN2O. The van der Waals surface area contributed by atoms with Crippen molar-refractivity contribution in [2.75, 3.05) is 5.32 Å². The number of rotatable bonds is 2. The molecular weight excluding hydrogens is 335 g/mol. The van der Waals surface area contributed by atoms with E-state index in [1.165, 1.54) is 6.07 Å². The molecule has 3 rings (SSSR count). The number of anilines is 1. The molecule has 0 saturated carbocycles. The number of benzene rings is 2. The number of carbonyl (C=O) groups excluding carboxylic acids is 1. The van der Waals surface area contributed by atoms with Crippen LogP contribution in [0.3, 0.4) is 0 Å². The van der Waals surface area contributed by atoms with Crippen molar-refractivity contribution in [1.82, 2.24) is 4.98 Å². The Labute approximate surface area is 128 Å². The second-order valence-electron chi connectivity index (χ2n) is 4.46. The molecule has 0 aliphatic heterocycles. The predicted octanol–water partition coefficient (Wildman–Crippen LogP) is 4.39. The van der Waals surface area contributed by atoms with Crippen LogP contribution in [0.2, 0.25) is 0 Å². The molecule has 0 unspecified atom stereocenters. The molecule has 21 heavy (non-hydrogen) atoms. The number of aromatic nitrogens is 1. The van der Waals surface area contributed by atoms with Gasteiger partial charge in [0, 0.05) is 17.3 Å². The van der Waals surface area contributed by atoms with Crippen LogP contribution >= 0.6 is 15.9 Å². The molecule has 0 aliphatic rings. The summed E-state index contributed by atoms with van der Waals surface area (Å²) in [4.78, 5) is 16.6. The van der Waals surface area contributed by atoms with Crippen molar-refractivity contribution < 1.29 is 9.18 Å². The Morgan fingerprint density at radius 1 is 1.14 bits per heavy atom. The molecule has 3 aromatic rings. The summed E-state index contributed by atoms with van der Waals surface area (Å²) < 4.78 is 13.8. The second kappa shape index (κ2) is 5.61. The lowest BCUT2D eigenvalue weighted by Gasteiger charge is -2.08. The summed E-state index contributed by atoms with van der Waals surface area (Å²) in [5.74, 6) is -0.745. The number of halogens is 2. The van der Waals surface area contributed by atoms with E-state index in [1.807, 2.05) is 18.2 Å². The Balaban J connectivity index is 1.95. The van der Waals surface area contributed by atoms with Crippen LogP contribution in [0.25, 0.3) is 10.9 Å². The Morgan fingerprint density at radius 2 is 1.95 bits per heavy atom. The van der Waals surface area contributed by atoms with Crippen molar-refractivity contribution in [2.24, 2.45) is 0 Å². The normalized spacial score (nSPS) is 10.6. The van der Waals surface area contributed by atoms with E-state index in [0.717, 1.165) is 5.39 Å². The van der Waals surface area contributed by atoms with E-state index < -0.39 is 5.82 Å². The van der Waals surface area contributed by atoms with Crippen LogP contribution in [-0.2, 0) is 0 Å². The van der Waals surface area contributed by atoms with E-state index in [-0.39, 0.29) is 5.91 Å². The Morgan fingerprint density at radius 3 is 2.76 bits per heavy atom. The zero-order valence-electron chi connectivity index (χ0n) is 10.8. The van der Waals surface area contributed by atoms with Crippen molar-refractivity contribution in [3.8, 4) is 0 Å². The minimum atomic E-state index is -0.427. The van der Waals surface area contributed by atoms with Gasteiger partial charge in [0.25, 0.3) is 5.91 Å². The summed E-state index contributed by atoms with van der Waals surface area (Å²) in [6, 6.07) is 13.5. The number of para-hydroxylation sites is 1. The number of nitrogens with one attached hydrogen (secondary N) is 1. The summed E-state index contributed by atoms with van der Waals surface area (Å²) >= 11 is 3.08. The summed E-state index contributed by atoms with van der Waals surface area (Å²) in [5.41, 5.74) is 1.47. The maximum absolute atomic E-state index is 13.5. The number of carbonyl (C=O) groups is 1. The van der Waals surface area contributed by atoms with Crippen LogP contribution in [0.15, 0.2) is 59.2 Å². The first-order valence-electron chi connectivity index (χ1n) is 6.25. The lowest BCUT2D eigenvalue weighted by molar-refractivity contribution is 0.102. The molecule has 1 aromatic heterocycles. The highest BCUT2D eigenvalue weighted by atomic mass is 79.9. The van der Waals surface area contributed by atoms with Crippen molar-refractivity contribution >= 4 is 38.4 Å². The lowest BCUT2D eigenvalue weighted by atomic mass is 10.1. The van der Waals surface area contributed by atoms with E-state index >= 15 is 0 Å². The molecule has 1 amide bonds. The van der Waals surface area contributed by atoms with E-state index in [1.54, 1.807) is 30.5 Å². The number of pyridine rings is 1. The average Bonchev–Trinajstić information content (AvgIpc) is 2.50. The zero-order chi connectivity index (χ0) is 14.8. The van der Waals surface area contributed by atoms with E-state index in [0.29, 0.717) is 21.2 Å². The molecule has 2 aromatic carbocycles. The van der Waals surface area contributed by atoms with Gasteiger partial charge in [0.2, 0.25) is 0 Å². The van der Waals surface area contributed by atoms with Gasteiger partial charge < -0.3 is 5.32 Å². The van der Waals surface area contributed by atoms with Crippen LogP contribution in [0.5, 0.6) is 0 Å². The van der Waals surface area contributed by atoms with E-state index in [9.17, 15) is 9.18 Å². The third-order valence-electron chi connectivity index (χ3n) is 3.05. The highest BCUT2D eigenvalue weighted by Crippen LogP contribution is 2.21. The Hall–Kier alpha value is -2.27. The first-order valence-corrected chi connectivity index (χ1v) is 7.04. The largest absolute Gasteiger partial charge is 0.322 e. The molecule has 0 atom stereocenters. The zero-order valence-corrected chi connectivity index (χ0v) is 12.4. The van der Waals surface area contributed by atoms with Crippen molar-refractivity contribution in [1.29, 1.82) is 0 Å². The van der Waals surface area contributed by atoms with Crippen molar-refractivity contribution in [3.63, 3.8) is 0 Å². The second-order valence-corrected chi connectivity index (χ2v) is 5.32. The van der Waals surface area contributed by atoms with Gasteiger partial charge in [-0.1, -0.05) is 18.2 Å². The van der Waals surface area contributed by atoms with Gasteiger partial charge in [0.05, 0.1) is 15.6 Å². The van der Waals surface area contributed by atoms with Gasteiger partial charge in [-0.05, 0) is 46.3 Å². The van der Waals surface area contributed by atoms with Crippen LogP contribution in [0, 0.1) is 5.82 Å². The van der Waals surface area contributed by atoms with Gasteiger partial charge in [-0.15, -0.1) is 0 Å². The lowest BCUT2D eigenvalue weighted by Crippen LogP contribution is -2.12. The predicted molar refractivity (Wildman–Crippen MR) is 83.8 cm³/mol. The highest BCUT2D eigenvalue weighted by molar-refractivity contribution is 9.10. The van der Waals surface area contributed by atoms with Gasteiger partial charge in [-0.2, -0.15) is 0 Å². The third kappa shape index (κ3) is 2.78. The van der Waals surface area contributed by atoms with Gasteiger partial charge in [-0.25, -0.2) is 4.39 Å². The number of fused-ring (bicyclic) bond motifs is 1. The van der Waals surface area contributed by atoms with Gasteiger partial charge >= 0.3 is 0 Å². The van der Waals surface area contributed by atoms with Crippen LogP contribution in [-0.4, -0.2) is 10.9 Å². The number of hydrogen-bond acceptors (Lipinski definition) is 2. The molecule has 104 valence electrons. The fourth-order valence-electron chi connectivity index (χ4n) is 2.06. The minimum absolute atomic E-state index is 0.318. The summed E-state index contributed by atoms with van der Waals surface area (Å²) in [6.07, 6.45) is 1.64. The topological polar surface area (TPSA) is 42.0 Å². The van der Waals surface area contributed by atoms with E-state index in [4.69, 9.17) is 0 Å². The molecule has 1 heterocycles. The molecule has 0 radical (unpaired) electrons. The monoisotopic (exact) mass is 344 g/mol. The van der Waals surface area contributed by atoms with Crippen LogP contribution in [0.4, 0.5) is 10.1 Å². The van der Waals surface area contributed by atoms with Gasteiger partial charge in [0.15, 0.2) is 0 Å². The maximum atomic E-state index is 13.5. The summed E-state index contributed by atoms with van der Waals surface area (Å²) in [7, 11) is 0. The van der Waals surface area contributed by atoms with Crippen LogP contribution in [0.1, 0.15) is 10.4 Å². The number of nitrogens with zero attached hydrogens (tertiary/aromatic N) is 1. The number of amides is 1. The highest BCUT2D eigenvalue weighted by Gasteiger charge is 2.11. The van der Waals surface area contributed by atoms with E-state index in [2.05, 4.69) is 26.2 Å². The minimum Gasteiger partial charge on any atom is -0.322 e. The fourth-order valence-corrected chi connectivity index (χ4v) is 2.31. The quantitative estimate of drug-likeness (QED) is 0.749. The first kappa shape index (κ1) is 13.7. The molecule has 0 aliphatic carbocycles. The third-order valence-corrected chi connectivity index (χ3v) is 3.70. The first-order chi connectivity index (χ1) is 10.1. The van der Waals surface area contributed by atoms with Gasteiger partial charge in [0.1, 0.15) is 5.82 Å². The molecule has 1 N–H and O–H groups in total. The van der Waals surface area contributed by atoms with Gasteiger partial charge in [-0.3, -0.25) is 9.78 Å². The Bertz CT molecular complexity index is 830. The number of hydrogen-bond donors (Lipinski definition) is 1. The molecule has 5 heteroatoms. The standard InChI is InChI=1S/C16H10BrFN2O/c17-13-7-6-11(9-14(13)18)20-16(21)12-5-1-3-10-4-2-8-19-15(10)12/h1-9H,(H,20,21). The Kier molecular flexibility index (Phi) is 3.66. The molecule has 0 fully saturated rings. The smallest absolute Gasteiger partial charge is 0.257 e. The SMILES string of the molecule is O=C(Nc1ccc(Br)c(F)c1)c1cccc2cccnc12. The molecule has 0 saturated heterocycles.